The molecule has 5 nitrogen and oxygen atoms in total. The Bertz CT molecular complexity index is 825. The summed E-state index contributed by atoms with van der Waals surface area (Å²) in [5.74, 6) is 1.35. The lowest BCUT2D eigenvalue weighted by atomic mass is 10.2. The van der Waals surface area contributed by atoms with Gasteiger partial charge in [0.25, 0.3) is 0 Å². The van der Waals surface area contributed by atoms with E-state index in [4.69, 9.17) is 20.8 Å². The fraction of sp³-hybridized carbons (Fsp3) is 0.0714. The van der Waals surface area contributed by atoms with Gasteiger partial charge in [0.15, 0.2) is 0 Å². The zero-order valence-corrected chi connectivity index (χ0v) is 11.2. The molecule has 1 aromatic carbocycles. The lowest BCUT2D eigenvalue weighted by Gasteiger charge is -2.06. The van der Waals surface area contributed by atoms with E-state index in [1.807, 2.05) is 0 Å². The van der Waals surface area contributed by atoms with Crippen LogP contribution in [0.25, 0.3) is 11.0 Å². The summed E-state index contributed by atoms with van der Waals surface area (Å²) >= 11 is 5.84. The van der Waals surface area contributed by atoms with Crippen molar-refractivity contribution in [2.24, 2.45) is 0 Å². The predicted octanol–water partition coefficient (Wildman–Crippen LogP) is 3.34. The van der Waals surface area contributed by atoms with E-state index >= 15 is 0 Å². The van der Waals surface area contributed by atoms with E-state index in [1.165, 1.54) is 12.1 Å². The van der Waals surface area contributed by atoms with Crippen molar-refractivity contribution in [2.75, 3.05) is 0 Å². The van der Waals surface area contributed by atoms with Gasteiger partial charge in [-0.05, 0) is 25.1 Å². The molecule has 20 heavy (non-hydrogen) atoms. The number of halogens is 1. The van der Waals surface area contributed by atoms with Crippen LogP contribution in [-0.2, 0) is 0 Å². The molecule has 100 valence electrons. The highest BCUT2D eigenvalue weighted by Gasteiger charge is 2.05. The molecule has 0 aliphatic heterocycles. The van der Waals surface area contributed by atoms with Crippen LogP contribution < -0.4 is 10.4 Å². The van der Waals surface area contributed by atoms with Crippen LogP contribution in [0.4, 0.5) is 0 Å². The largest absolute Gasteiger partial charge is 0.439 e. The molecule has 0 fully saturated rings. The van der Waals surface area contributed by atoms with Crippen molar-refractivity contribution >= 4 is 22.6 Å². The van der Waals surface area contributed by atoms with E-state index in [-0.39, 0.29) is 0 Å². The lowest BCUT2D eigenvalue weighted by molar-refractivity contribution is 0.458. The van der Waals surface area contributed by atoms with Crippen LogP contribution in [-0.4, -0.2) is 9.97 Å². The van der Waals surface area contributed by atoms with Crippen LogP contribution in [0.5, 0.6) is 11.6 Å². The van der Waals surface area contributed by atoms with Crippen LogP contribution in [0, 0.1) is 6.92 Å². The zero-order valence-electron chi connectivity index (χ0n) is 10.5. The van der Waals surface area contributed by atoms with Crippen molar-refractivity contribution in [3.8, 4) is 11.6 Å². The average Bonchev–Trinajstić information content (AvgIpc) is 2.37. The number of ether oxygens (including phenoxy) is 1. The second-order valence-corrected chi connectivity index (χ2v) is 4.52. The third kappa shape index (κ3) is 2.62. The summed E-state index contributed by atoms with van der Waals surface area (Å²) in [6.07, 6.45) is 0. The van der Waals surface area contributed by atoms with Gasteiger partial charge in [-0.15, -0.1) is 0 Å². The van der Waals surface area contributed by atoms with Gasteiger partial charge in [0.1, 0.15) is 22.3 Å². The lowest BCUT2D eigenvalue weighted by Crippen LogP contribution is -1.95. The number of fused-ring (bicyclic) bond motifs is 1. The Morgan fingerprint density at radius 3 is 2.75 bits per heavy atom. The van der Waals surface area contributed by atoms with Gasteiger partial charge >= 0.3 is 5.63 Å². The van der Waals surface area contributed by atoms with Crippen LogP contribution >= 0.6 is 11.6 Å². The highest BCUT2D eigenvalue weighted by molar-refractivity contribution is 6.29. The monoisotopic (exact) mass is 288 g/mol. The van der Waals surface area contributed by atoms with Gasteiger partial charge in [-0.25, -0.2) is 9.78 Å². The Labute approximate surface area is 118 Å². The highest BCUT2D eigenvalue weighted by atomic mass is 35.5. The van der Waals surface area contributed by atoms with Crippen LogP contribution in [0.1, 0.15) is 5.82 Å². The van der Waals surface area contributed by atoms with Crippen molar-refractivity contribution in [1.82, 2.24) is 9.97 Å². The molecule has 6 heteroatoms. The minimum absolute atomic E-state index is 0.305. The summed E-state index contributed by atoms with van der Waals surface area (Å²) in [5, 5.41) is 1.12. The second kappa shape index (κ2) is 4.94. The zero-order chi connectivity index (χ0) is 14.1. The van der Waals surface area contributed by atoms with Crippen molar-refractivity contribution in [3.63, 3.8) is 0 Å². The molecule has 0 N–H and O–H groups in total. The molecule has 0 atom stereocenters. The standard InChI is InChI=1S/C14H9ClN2O3/c1-8-16-12(15)7-13(17-8)19-10-4-2-9-3-5-14(18)20-11(9)6-10/h2-7H,1H3. The maximum Gasteiger partial charge on any atom is 0.336 e. The minimum Gasteiger partial charge on any atom is -0.439 e. The fourth-order valence-corrected chi connectivity index (χ4v) is 2.00. The molecule has 0 amide bonds. The van der Waals surface area contributed by atoms with Crippen LogP contribution in [0.15, 0.2) is 45.6 Å². The Balaban J connectivity index is 2.00. The van der Waals surface area contributed by atoms with Crippen LogP contribution in [0.2, 0.25) is 5.15 Å². The summed E-state index contributed by atoms with van der Waals surface area (Å²) in [6.45, 7) is 1.72. The van der Waals surface area contributed by atoms with Gasteiger partial charge in [0.05, 0.1) is 0 Å². The number of rotatable bonds is 2. The van der Waals surface area contributed by atoms with Gasteiger partial charge in [-0.3, -0.25) is 0 Å². The van der Waals surface area contributed by atoms with E-state index in [1.54, 1.807) is 31.2 Å². The van der Waals surface area contributed by atoms with E-state index in [2.05, 4.69) is 9.97 Å². The van der Waals surface area contributed by atoms with E-state index < -0.39 is 5.63 Å². The smallest absolute Gasteiger partial charge is 0.336 e. The maximum atomic E-state index is 11.2. The first-order valence-electron chi connectivity index (χ1n) is 5.83. The Kier molecular flexibility index (Phi) is 3.12. The molecule has 0 aliphatic carbocycles. The normalized spacial score (nSPS) is 10.7. The molecular formula is C14H9ClN2O3. The summed E-state index contributed by atoms with van der Waals surface area (Å²) in [5.41, 5.74) is 0.0439. The summed E-state index contributed by atoms with van der Waals surface area (Å²) < 4.78 is 10.7. The topological polar surface area (TPSA) is 65.2 Å². The minimum atomic E-state index is -0.407. The number of nitrogens with zero attached hydrogens (tertiary/aromatic N) is 2. The van der Waals surface area contributed by atoms with E-state index in [9.17, 15) is 4.79 Å². The van der Waals surface area contributed by atoms with E-state index in [0.29, 0.717) is 28.2 Å². The van der Waals surface area contributed by atoms with Crippen molar-refractivity contribution < 1.29 is 9.15 Å². The van der Waals surface area contributed by atoms with Gasteiger partial charge in [-0.2, -0.15) is 4.98 Å². The van der Waals surface area contributed by atoms with Crippen molar-refractivity contribution in [1.29, 1.82) is 0 Å². The Morgan fingerprint density at radius 1 is 1.15 bits per heavy atom. The number of aromatic nitrogens is 2. The quantitative estimate of drug-likeness (QED) is 0.534. The molecule has 3 aromatic rings. The molecule has 0 radical (unpaired) electrons. The highest BCUT2D eigenvalue weighted by Crippen LogP contribution is 2.25. The summed E-state index contributed by atoms with van der Waals surface area (Å²) in [4.78, 5) is 19.3. The maximum absolute atomic E-state index is 11.2. The van der Waals surface area contributed by atoms with Gasteiger partial charge in [0.2, 0.25) is 5.88 Å². The molecule has 2 heterocycles. The second-order valence-electron chi connectivity index (χ2n) is 4.13. The summed E-state index contributed by atoms with van der Waals surface area (Å²) in [6, 6.07) is 9.76. The predicted molar refractivity (Wildman–Crippen MR) is 74.3 cm³/mol. The number of aryl methyl sites for hydroxylation is 1. The summed E-state index contributed by atoms with van der Waals surface area (Å²) in [7, 11) is 0. The molecule has 0 aliphatic rings. The third-order valence-corrected chi connectivity index (χ3v) is 2.79. The van der Waals surface area contributed by atoms with Gasteiger partial charge in [0, 0.05) is 23.6 Å². The first-order valence-corrected chi connectivity index (χ1v) is 6.21. The average molecular weight is 289 g/mol. The number of hydrogen-bond acceptors (Lipinski definition) is 5. The fourth-order valence-electron chi connectivity index (χ4n) is 1.78. The molecule has 0 saturated heterocycles. The molecule has 0 spiro atoms. The molecule has 2 aromatic heterocycles. The Hall–Kier alpha value is -2.40. The van der Waals surface area contributed by atoms with Crippen molar-refractivity contribution in [2.45, 2.75) is 6.92 Å². The van der Waals surface area contributed by atoms with Gasteiger partial charge < -0.3 is 9.15 Å². The molecule has 3 rings (SSSR count). The molecule has 0 saturated carbocycles. The SMILES string of the molecule is Cc1nc(Cl)cc(Oc2ccc3ccc(=O)oc3c2)n1. The first kappa shape index (κ1) is 12.6. The molecule has 0 bridgehead atoms. The first-order chi connectivity index (χ1) is 9.60. The molecule has 0 unspecified atom stereocenters. The molecular weight excluding hydrogens is 280 g/mol. The van der Waals surface area contributed by atoms with E-state index in [0.717, 1.165) is 5.39 Å². The van der Waals surface area contributed by atoms with Crippen molar-refractivity contribution in [3.05, 3.63) is 57.8 Å². The van der Waals surface area contributed by atoms with Gasteiger partial charge in [-0.1, -0.05) is 11.6 Å². The number of benzene rings is 1. The number of hydrogen-bond donors (Lipinski definition) is 0. The Morgan fingerprint density at radius 2 is 1.95 bits per heavy atom. The third-order valence-electron chi connectivity index (χ3n) is 2.60. The van der Waals surface area contributed by atoms with Crippen LogP contribution in [0.3, 0.4) is 0 Å².